The third-order valence-electron chi connectivity index (χ3n) is 2.14. The number of aliphatic hydroxyl groups is 3. The van der Waals surface area contributed by atoms with E-state index in [4.69, 9.17) is 15.3 Å². The van der Waals surface area contributed by atoms with E-state index in [-0.39, 0.29) is 11.1 Å². The smallest absolute Gasteiger partial charge is 0.335 e. The minimum absolute atomic E-state index is 0.0285. The minimum atomic E-state index is -2.01. The second kappa shape index (κ2) is 5.02. The van der Waals surface area contributed by atoms with Crippen molar-refractivity contribution < 1.29 is 29.6 Å². The SMILES string of the molecule is O=C(O)C(O)C(O)c1ccc(CO)c(F)c1. The minimum Gasteiger partial charge on any atom is -0.479 e. The van der Waals surface area contributed by atoms with Gasteiger partial charge in [-0.05, 0) is 11.6 Å². The summed E-state index contributed by atoms with van der Waals surface area (Å²) < 4.78 is 13.2. The Morgan fingerprint density at radius 2 is 2.00 bits per heavy atom. The summed E-state index contributed by atoms with van der Waals surface area (Å²) in [5, 5.41) is 35.6. The molecule has 0 aliphatic carbocycles. The largest absolute Gasteiger partial charge is 0.479 e. The molecule has 0 radical (unpaired) electrons. The predicted molar refractivity (Wildman–Crippen MR) is 50.9 cm³/mol. The summed E-state index contributed by atoms with van der Waals surface area (Å²) in [7, 11) is 0. The van der Waals surface area contributed by atoms with E-state index >= 15 is 0 Å². The molecular weight excluding hydrogens is 219 g/mol. The number of aliphatic hydroxyl groups excluding tert-OH is 3. The molecule has 0 saturated carbocycles. The van der Waals surface area contributed by atoms with Crippen molar-refractivity contribution in [2.24, 2.45) is 0 Å². The van der Waals surface area contributed by atoms with Gasteiger partial charge in [0.1, 0.15) is 11.9 Å². The Morgan fingerprint density at radius 3 is 2.44 bits per heavy atom. The Kier molecular flexibility index (Phi) is 3.94. The second-order valence-corrected chi connectivity index (χ2v) is 3.24. The summed E-state index contributed by atoms with van der Waals surface area (Å²) in [5.41, 5.74) is -0.0367. The topological polar surface area (TPSA) is 98.0 Å². The van der Waals surface area contributed by atoms with Gasteiger partial charge >= 0.3 is 5.97 Å². The standard InChI is InChI=1S/C10H11FO5/c11-7-3-5(1-2-6(7)4-12)8(13)9(14)10(15)16/h1-3,8-9,12-14H,4H2,(H,15,16). The lowest BCUT2D eigenvalue weighted by atomic mass is 10.0. The number of carboxylic acid groups (broad SMARTS) is 1. The van der Waals surface area contributed by atoms with Crippen molar-refractivity contribution >= 4 is 5.97 Å². The van der Waals surface area contributed by atoms with Crippen LogP contribution in [0.2, 0.25) is 0 Å². The van der Waals surface area contributed by atoms with Crippen LogP contribution in [0.5, 0.6) is 0 Å². The number of halogens is 1. The van der Waals surface area contributed by atoms with Gasteiger partial charge < -0.3 is 20.4 Å². The molecule has 0 aromatic heterocycles. The molecule has 0 heterocycles. The molecule has 0 aliphatic rings. The van der Waals surface area contributed by atoms with Crippen LogP contribution in [-0.4, -0.2) is 32.5 Å². The van der Waals surface area contributed by atoms with Gasteiger partial charge in [-0.1, -0.05) is 12.1 Å². The Labute approximate surface area is 90.4 Å². The molecule has 1 aromatic carbocycles. The molecule has 6 heteroatoms. The molecule has 88 valence electrons. The maximum Gasteiger partial charge on any atom is 0.335 e. The molecule has 2 atom stereocenters. The van der Waals surface area contributed by atoms with E-state index in [9.17, 15) is 14.3 Å². The Hall–Kier alpha value is -1.50. The van der Waals surface area contributed by atoms with Crippen LogP contribution in [0.1, 0.15) is 17.2 Å². The van der Waals surface area contributed by atoms with E-state index in [0.717, 1.165) is 6.07 Å². The van der Waals surface area contributed by atoms with Crippen LogP contribution < -0.4 is 0 Å². The fourth-order valence-electron chi connectivity index (χ4n) is 1.19. The van der Waals surface area contributed by atoms with Gasteiger partial charge in [0.15, 0.2) is 6.10 Å². The van der Waals surface area contributed by atoms with E-state index in [0.29, 0.717) is 0 Å². The maximum atomic E-state index is 13.2. The number of benzene rings is 1. The third-order valence-corrected chi connectivity index (χ3v) is 2.14. The van der Waals surface area contributed by atoms with Gasteiger partial charge in [-0.3, -0.25) is 0 Å². The molecule has 0 bridgehead atoms. The third kappa shape index (κ3) is 2.54. The summed E-state index contributed by atoms with van der Waals surface area (Å²) in [6, 6.07) is 3.33. The van der Waals surface area contributed by atoms with Crippen LogP contribution in [-0.2, 0) is 11.4 Å². The zero-order chi connectivity index (χ0) is 12.3. The summed E-state index contributed by atoms with van der Waals surface area (Å²) >= 11 is 0. The summed E-state index contributed by atoms with van der Waals surface area (Å²) in [6.45, 7) is -0.496. The van der Waals surface area contributed by atoms with Gasteiger partial charge in [0, 0.05) is 5.56 Å². The number of hydrogen-bond donors (Lipinski definition) is 4. The molecule has 0 saturated heterocycles. The molecule has 5 nitrogen and oxygen atoms in total. The second-order valence-electron chi connectivity index (χ2n) is 3.24. The molecule has 4 N–H and O–H groups in total. The Bertz CT molecular complexity index is 393. The molecular formula is C10H11FO5. The average Bonchev–Trinajstić information content (AvgIpc) is 2.26. The van der Waals surface area contributed by atoms with Crippen molar-refractivity contribution in [3.05, 3.63) is 35.1 Å². The molecule has 0 amide bonds. The first-order chi connectivity index (χ1) is 7.47. The summed E-state index contributed by atoms with van der Waals surface area (Å²) in [5.74, 6) is -2.37. The molecule has 1 aromatic rings. The number of hydrogen-bond acceptors (Lipinski definition) is 4. The van der Waals surface area contributed by atoms with Crippen LogP contribution in [0, 0.1) is 5.82 Å². The fourth-order valence-corrected chi connectivity index (χ4v) is 1.19. The average molecular weight is 230 g/mol. The van der Waals surface area contributed by atoms with Crippen molar-refractivity contribution in [1.29, 1.82) is 0 Å². The first-order valence-electron chi connectivity index (χ1n) is 4.45. The van der Waals surface area contributed by atoms with Crippen molar-refractivity contribution in [3.63, 3.8) is 0 Å². The van der Waals surface area contributed by atoms with E-state index in [1.165, 1.54) is 12.1 Å². The first kappa shape index (κ1) is 12.6. The highest BCUT2D eigenvalue weighted by atomic mass is 19.1. The highest BCUT2D eigenvalue weighted by molar-refractivity contribution is 5.73. The molecule has 0 fully saturated rings. The van der Waals surface area contributed by atoms with Gasteiger partial charge in [-0.25, -0.2) is 9.18 Å². The highest BCUT2D eigenvalue weighted by Crippen LogP contribution is 2.20. The zero-order valence-corrected chi connectivity index (χ0v) is 8.17. The van der Waals surface area contributed by atoms with E-state index in [1.54, 1.807) is 0 Å². The molecule has 1 rings (SSSR count). The number of aliphatic carboxylic acids is 1. The number of carboxylic acids is 1. The number of carbonyl (C=O) groups is 1. The lowest BCUT2D eigenvalue weighted by Gasteiger charge is -2.14. The van der Waals surface area contributed by atoms with Crippen LogP contribution >= 0.6 is 0 Å². The summed E-state index contributed by atoms with van der Waals surface area (Å²) in [6.07, 6.45) is -3.72. The lowest BCUT2D eigenvalue weighted by molar-refractivity contribution is -0.153. The normalized spacial score (nSPS) is 14.5. The van der Waals surface area contributed by atoms with Crippen molar-refractivity contribution in [2.75, 3.05) is 0 Å². The van der Waals surface area contributed by atoms with E-state index < -0.39 is 30.6 Å². The fraction of sp³-hybridized carbons (Fsp3) is 0.300. The Morgan fingerprint density at radius 1 is 1.38 bits per heavy atom. The zero-order valence-electron chi connectivity index (χ0n) is 8.17. The van der Waals surface area contributed by atoms with Gasteiger partial charge in [-0.15, -0.1) is 0 Å². The van der Waals surface area contributed by atoms with Crippen LogP contribution in [0.25, 0.3) is 0 Å². The first-order valence-corrected chi connectivity index (χ1v) is 4.45. The number of rotatable bonds is 4. The van der Waals surface area contributed by atoms with Crippen LogP contribution in [0.15, 0.2) is 18.2 Å². The molecule has 0 aliphatic heterocycles. The van der Waals surface area contributed by atoms with Crippen LogP contribution in [0.4, 0.5) is 4.39 Å². The van der Waals surface area contributed by atoms with Crippen LogP contribution in [0.3, 0.4) is 0 Å². The van der Waals surface area contributed by atoms with E-state index in [2.05, 4.69) is 0 Å². The molecule has 16 heavy (non-hydrogen) atoms. The molecule has 0 spiro atoms. The van der Waals surface area contributed by atoms with Crippen molar-refractivity contribution in [1.82, 2.24) is 0 Å². The van der Waals surface area contributed by atoms with Gasteiger partial charge in [0.2, 0.25) is 0 Å². The quantitative estimate of drug-likeness (QED) is 0.574. The van der Waals surface area contributed by atoms with Gasteiger partial charge in [-0.2, -0.15) is 0 Å². The highest BCUT2D eigenvalue weighted by Gasteiger charge is 2.25. The van der Waals surface area contributed by atoms with Crippen molar-refractivity contribution in [3.8, 4) is 0 Å². The lowest BCUT2D eigenvalue weighted by Crippen LogP contribution is -2.27. The monoisotopic (exact) mass is 230 g/mol. The van der Waals surface area contributed by atoms with Crippen molar-refractivity contribution in [2.45, 2.75) is 18.8 Å². The maximum absolute atomic E-state index is 13.2. The molecule has 2 unspecified atom stereocenters. The predicted octanol–water partition coefficient (Wildman–Crippen LogP) is -0.203. The Balaban J connectivity index is 2.97. The van der Waals surface area contributed by atoms with E-state index in [1.807, 2.05) is 0 Å². The van der Waals surface area contributed by atoms with Gasteiger partial charge in [0.25, 0.3) is 0 Å². The summed E-state index contributed by atoms with van der Waals surface area (Å²) in [4.78, 5) is 10.4. The van der Waals surface area contributed by atoms with Gasteiger partial charge in [0.05, 0.1) is 6.61 Å².